The zero-order valence-electron chi connectivity index (χ0n) is 8.75. The van der Waals surface area contributed by atoms with Gasteiger partial charge in [0, 0.05) is 5.57 Å². The highest BCUT2D eigenvalue weighted by Crippen LogP contribution is 2.32. The summed E-state index contributed by atoms with van der Waals surface area (Å²) in [6, 6.07) is 17.2. The molecule has 0 unspecified atom stereocenters. The minimum absolute atomic E-state index is 0.240. The Morgan fingerprint density at radius 1 is 1.00 bits per heavy atom. The highest BCUT2D eigenvalue weighted by Gasteiger charge is 2.08. The summed E-state index contributed by atoms with van der Waals surface area (Å²) in [6.45, 7) is 0. The quantitative estimate of drug-likeness (QED) is 0.701. The van der Waals surface area contributed by atoms with Crippen LogP contribution in [0.3, 0.4) is 0 Å². The van der Waals surface area contributed by atoms with Crippen molar-refractivity contribution < 1.29 is 4.39 Å². The molecule has 0 saturated carbocycles. The van der Waals surface area contributed by atoms with Crippen LogP contribution < -0.4 is 0 Å². The van der Waals surface area contributed by atoms with E-state index in [1.54, 1.807) is 12.1 Å². The van der Waals surface area contributed by atoms with Crippen LogP contribution in [0.2, 0.25) is 0 Å². The molecule has 0 spiro atoms. The number of hydrogen-bond acceptors (Lipinski definition) is 0. The molecule has 2 rings (SSSR count). The van der Waals surface area contributed by atoms with Crippen molar-refractivity contribution in [2.45, 2.75) is 0 Å². The van der Waals surface area contributed by atoms with E-state index in [1.807, 2.05) is 24.3 Å². The van der Waals surface area contributed by atoms with Crippen LogP contribution in [0, 0.1) is 11.9 Å². The summed E-state index contributed by atoms with van der Waals surface area (Å²) in [7, 11) is 0. The van der Waals surface area contributed by atoms with E-state index in [0.717, 1.165) is 20.1 Å². The lowest BCUT2D eigenvalue weighted by Gasteiger charge is -2.08. The topological polar surface area (TPSA) is 0 Å². The van der Waals surface area contributed by atoms with E-state index in [4.69, 9.17) is 0 Å². The number of hydrogen-bond donors (Lipinski definition) is 0. The molecule has 0 amide bonds. The van der Waals surface area contributed by atoms with E-state index in [2.05, 4.69) is 37.9 Å². The second-order valence-corrected chi connectivity index (χ2v) is 6.07. The van der Waals surface area contributed by atoms with Crippen molar-refractivity contribution in [3.63, 3.8) is 0 Å². The molecule has 85 valence electrons. The number of rotatable bonds is 2. The zero-order chi connectivity index (χ0) is 12.3. The van der Waals surface area contributed by atoms with Gasteiger partial charge in [-0.2, -0.15) is 0 Å². The first-order valence-corrected chi connectivity index (χ1v) is 6.55. The summed E-state index contributed by atoms with van der Waals surface area (Å²) in [4.78, 5) is 0. The first-order chi connectivity index (χ1) is 8.18. The van der Waals surface area contributed by atoms with E-state index in [0.29, 0.717) is 0 Å². The third-order valence-electron chi connectivity index (χ3n) is 2.30. The lowest BCUT2D eigenvalue weighted by molar-refractivity contribution is 0.627. The maximum Gasteiger partial charge on any atom is 0.123 e. The first kappa shape index (κ1) is 12.5. The smallest absolute Gasteiger partial charge is 0.123 e. The van der Waals surface area contributed by atoms with E-state index >= 15 is 0 Å². The molecule has 0 aliphatic carbocycles. The van der Waals surface area contributed by atoms with Crippen LogP contribution in [-0.2, 0) is 0 Å². The Labute approximate surface area is 116 Å². The minimum atomic E-state index is -0.240. The van der Waals surface area contributed by atoms with Gasteiger partial charge in [-0.05, 0) is 61.2 Å². The fourth-order valence-corrected chi connectivity index (χ4v) is 2.42. The molecule has 0 aliphatic heterocycles. The van der Waals surface area contributed by atoms with Crippen molar-refractivity contribution in [3.05, 3.63) is 74.9 Å². The molecule has 0 aromatic heterocycles. The Hall–Kier alpha value is -0.930. The van der Waals surface area contributed by atoms with E-state index in [9.17, 15) is 4.39 Å². The van der Waals surface area contributed by atoms with Crippen LogP contribution in [0.4, 0.5) is 4.39 Å². The molecule has 0 nitrogen and oxygen atoms in total. The largest absolute Gasteiger partial charge is 0.207 e. The van der Waals surface area contributed by atoms with Crippen molar-refractivity contribution in [3.8, 4) is 0 Å². The zero-order valence-corrected chi connectivity index (χ0v) is 11.9. The lowest BCUT2D eigenvalue weighted by Crippen LogP contribution is -1.89. The van der Waals surface area contributed by atoms with Crippen molar-refractivity contribution in [1.29, 1.82) is 0 Å². The summed E-state index contributed by atoms with van der Waals surface area (Å²) >= 11 is 6.83. The lowest BCUT2D eigenvalue weighted by atomic mass is 10.00. The maximum atomic E-state index is 12.9. The third kappa shape index (κ3) is 3.05. The molecule has 1 radical (unpaired) electrons. The van der Waals surface area contributed by atoms with E-state index < -0.39 is 0 Å². The van der Waals surface area contributed by atoms with E-state index in [-0.39, 0.29) is 5.82 Å². The predicted molar refractivity (Wildman–Crippen MR) is 75.6 cm³/mol. The fraction of sp³-hybridized carbons (Fsp3) is 0. The van der Waals surface area contributed by atoms with Crippen LogP contribution in [0.1, 0.15) is 11.1 Å². The van der Waals surface area contributed by atoms with Crippen LogP contribution in [-0.4, -0.2) is 0 Å². The second-order valence-electron chi connectivity index (χ2n) is 3.42. The van der Waals surface area contributed by atoms with Crippen molar-refractivity contribution >= 4 is 37.4 Å². The molecular formula is C14H8Br2F. The van der Waals surface area contributed by atoms with Crippen LogP contribution in [0.5, 0.6) is 0 Å². The van der Waals surface area contributed by atoms with Crippen molar-refractivity contribution in [2.75, 3.05) is 0 Å². The summed E-state index contributed by atoms with van der Waals surface area (Å²) in [5.74, 6) is -0.240. The molecule has 0 bridgehead atoms. The monoisotopic (exact) mass is 353 g/mol. The summed E-state index contributed by atoms with van der Waals surface area (Å²) < 4.78 is 13.7. The van der Waals surface area contributed by atoms with Gasteiger partial charge in [0.05, 0.1) is 3.39 Å². The van der Waals surface area contributed by atoms with Crippen LogP contribution in [0.15, 0.2) is 51.9 Å². The van der Waals surface area contributed by atoms with Crippen molar-refractivity contribution in [2.24, 2.45) is 0 Å². The molecule has 2 aromatic rings. The summed E-state index contributed by atoms with van der Waals surface area (Å²) in [5.41, 5.74) is 2.83. The SMILES string of the molecule is Fc1ccc(C(=C(Br)Br)c2[c]cccc2)cc1. The first-order valence-electron chi connectivity index (χ1n) is 4.97. The van der Waals surface area contributed by atoms with Crippen LogP contribution >= 0.6 is 31.9 Å². The molecule has 0 heterocycles. The van der Waals surface area contributed by atoms with Gasteiger partial charge in [-0.25, -0.2) is 4.39 Å². The molecule has 0 aliphatic rings. The molecule has 17 heavy (non-hydrogen) atoms. The van der Waals surface area contributed by atoms with Gasteiger partial charge in [-0.3, -0.25) is 0 Å². The summed E-state index contributed by atoms with van der Waals surface area (Å²) in [6.07, 6.45) is 0. The molecule has 0 N–H and O–H groups in total. The number of benzene rings is 2. The Balaban J connectivity index is 2.52. The number of halogens is 3. The molecule has 0 saturated heterocycles. The van der Waals surface area contributed by atoms with Gasteiger partial charge in [0.1, 0.15) is 5.82 Å². The van der Waals surface area contributed by atoms with Gasteiger partial charge in [0.15, 0.2) is 0 Å². The average Bonchev–Trinajstić information content (AvgIpc) is 2.33. The summed E-state index contributed by atoms with van der Waals surface area (Å²) in [5, 5.41) is 0. The molecular weight excluding hydrogens is 347 g/mol. The molecule has 0 atom stereocenters. The van der Waals surface area contributed by atoms with Gasteiger partial charge in [0.25, 0.3) is 0 Å². The third-order valence-corrected chi connectivity index (χ3v) is 3.09. The van der Waals surface area contributed by atoms with Gasteiger partial charge in [0.2, 0.25) is 0 Å². The van der Waals surface area contributed by atoms with E-state index in [1.165, 1.54) is 12.1 Å². The Morgan fingerprint density at radius 2 is 1.71 bits per heavy atom. The van der Waals surface area contributed by atoms with Crippen LogP contribution in [0.25, 0.3) is 5.57 Å². The maximum absolute atomic E-state index is 12.9. The Kier molecular flexibility index (Phi) is 4.13. The minimum Gasteiger partial charge on any atom is -0.207 e. The fourth-order valence-electron chi connectivity index (χ4n) is 1.53. The van der Waals surface area contributed by atoms with Gasteiger partial charge in [-0.15, -0.1) is 0 Å². The predicted octanol–water partition coefficient (Wildman–Crippen LogP) is 5.13. The van der Waals surface area contributed by atoms with Gasteiger partial charge < -0.3 is 0 Å². The Bertz CT molecular complexity index is 526. The standard InChI is InChI=1S/C14H8Br2F/c15-14(16)13(10-4-2-1-3-5-10)11-6-8-12(17)9-7-11/h1-4,6-9H. The average molecular weight is 355 g/mol. The van der Waals surface area contributed by atoms with Crippen molar-refractivity contribution in [1.82, 2.24) is 0 Å². The highest BCUT2D eigenvalue weighted by atomic mass is 79.9. The molecule has 2 aromatic carbocycles. The molecule has 3 heteroatoms. The second kappa shape index (κ2) is 5.61. The normalized spacial score (nSPS) is 10.1. The Morgan fingerprint density at radius 3 is 2.24 bits per heavy atom. The highest BCUT2D eigenvalue weighted by molar-refractivity contribution is 9.28. The van der Waals surface area contributed by atoms with Gasteiger partial charge in [-0.1, -0.05) is 36.4 Å². The molecule has 0 fully saturated rings. The van der Waals surface area contributed by atoms with Gasteiger partial charge >= 0.3 is 0 Å².